The summed E-state index contributed by atoms with van der Waals surface area (Å²) in [5, 5.41) is 3.43. The maximum absolute atomic E-state index is 5.62. The van der Waals surface area contributed by atoms with E-state index in [0.717, 1.165) is 24.7 Å². The van der Waals surface area contributed by atoms with E-state index < -0.39 is 0 Å². The normalized spacial score (nSPS) is 21.0. The lowest BCUT2D eigenvalue weighted by Gasteiger charge is -2.10. The molecule has 0 aromatic heterocycles. The zero-order valence-corrected chi connectivity index (χ0v) is 8.93. The first-order valence-corrected chi connectivity index (χ1v) is 6.09. The molecule has 0 saturated carbocycles. The van der Waals surface area contributed by atoms with Crippen molar-refractivity contribution in [2.45, 2.75) is 12.5 Å². The highest BCUT2D eigenvalue weighted by Gasteiger charge is 2.13. The summed E-state index contributed by atoms with van der Waals surface area (Å²) < 4.78 is 5.62. The molecule has 1 unspecified atom stereocenters. The van der Waals surface area contributed by atoms with E-state index in [1.807, 2.05) is 42.1 Å². The van der Waals surface area contributed by atoms with Gasteiger partial charge in [0.2, 0.25) is 0 Å². The van der Waals surface area contributed by atoms with Crippen molar-refractivity contribution in [3.63, 3.8) is 0 Å². The summed E-state index contributed by atoms with van der Waals surface area (Å²) in [6.07, 6.45) is 1.10. The Kier molecular flexibility index (Phi) is 3.72. The van der Waals surface area contributed by atoms with Crippen LogP contribution in [0.25, 0.3) is 0 Å². The molecular formula is C11H15NOS. The lowest BCUT2D eigenvalue weighted by atomic mass is 10.2. The highest BCUT2D eigenvalue weighted by Crippen LogP contribution is 2.13. The molecule has 1 aliphatic rings. The van der Waals surface area contributed by atoms with Gasteiger partial charge in [-0.15, -0.1) is 11.8 Å². The molecule has 1 N–H and O–H groups in total. The van der Waals surface area contributed by atoms with E-state index in [1.54, 1.807) is 0 Å². The fourth-order valence-electron chi connectivity index (χ4n) is 1.46. The number of ether oxygens (including phenoxy) is 1. The van der Waals surface area contributed by atoms with Crippen LogP contribution in [-0.4, -0.2) is 24.3 Å². The second kappa shape index (κ2) is 5.27. The van der Waals surface area contributed by atoms with E-state index in [0.29, 0.717) is 6.04 Å². The summed E-state index contributed by atoms with van der Waals surface area (Å²) in [6, 6.07) is 10.6. The molecular weight excluding hydrogens is 194 g/mol. The van der Waals surface area contributed by atoms with Gasteiger partial charge in [-0.25, -0.2) is 0 Å². The molecule has 1 aromatic rings. The molecule has 1 fully saturated rings. The van der Waals surface area contributed by atoms with Crippen molar-refractivity contribution >= 4 is 11.8 Å². The van der Waals surface area contributed by atoms with Gasteiger partial charge in [-0.3, -0.25) is 0 Å². The molecule has 14 heavy (non-hydrogen) atoms. The quantitative estimate of drug-likeness (QED) is 0.820. The van der Waals surface area contributed by atoms with Gasteiger partial charge in [0.1, 0.15) is 5.75 Å². The van der Waals surface area contributed by atoms with E-state index in [1.165, 1.54) is 5.75 Å². The summed E-state index contributed by atoms with van der Waals surface area (Å²) >= 11 is 1.96. The number of hydrogen-bond acceptors (Lipinski definition) is 3. The van der Waals surface area contributed by atoms with E-state index in [9.17, 15) is 0 Å². The van der Waals surface area contributed by atoms with Gasteiger partial charge >= 0.3 is 0 Å². The van der Waals surface area contributed by atoms with Gasteiger partial charge in [-0.2, -0.15) is 0 Å². The molecule has 2 nitrogen and oxygen atoms in total. The van der Waals surface area contributed by atoms with Crippen molar-refractivity contribution in [2.75, 3.05) is 18.2 Å². The van der Waals surface area contributed by atoms with E-state index in [4.69, 9.17) is 4.74 Å². The van der Waals surface area contributed by atoms with Crippen LogP contribution in [0.4, 0.5) is 0 Å². The van der Waals surface area contributed by atoms with E-state index in [2.05, 4.69) is 5.32 Å². The largest absolute Gasteiger partial charge is 0.494 e. The molecule has 1 aliphatic heterocycles. The van der Waals surface area contributed by atoms with Gasteiger partial charge < -0.3 is 10.1 Å². The zero-order chi connectivity index (χ0) is 9.64. The van der Waals surface area contributed by atoms with Crippen molar-refractivity contribution in [3.05, 3.63) is 30.3 Å². The molecule has 1 atom stereocenters. The molecule has 76 valence electrons. The second-order valence-corrected chi connectivity index (χ2v) is 4.40. The van der Waals surface area contributed by atoms with E-state index in [-0.39, 0.29) is 0 Å². The summed E-state index contributed by atoms with van der Waals surface area (Å²) in [4.78, 5) is 0. The lowest BCUT2D eigenvalue weighted by molar-refractivity contribution is 0.295. The predicted octanol–water partition coefficient (Wildman–Crippen LogP) is 2.12. The number of nitrogens with one attached hydrogen (secondary N) is 1. The van der Waals surface area contributed by atoms with E-state index >= 15 is 0 Å². The average molecular weight is 209 g/mol. The number of benzene rings is 1. The average Bonchev–Trinajstić information content (AvgIpc) is 2.72. The minimum atomic E-state index is 0.642. The monoisotopic (exact) mass is 209 g/mol. The Balaban J connectivity index is 1.67. The highest BCUT2D eigenvalue weighted by atomic mass is 32.2. The summed E-state index contributed by atoms with van der Waals surface area (Å²) in [7, 11) is 0. The van der Waals surface area contributed by atoms with Crippen LogP contribution in [0.15, 0.2) is 30.3 Å². The Morgan fingerprint density at radius 3 is 2.93 bits per heavy atom. The molecule has 0 aliphatic carbocycles. The van der Waals surface area contributed by atoms with Crippen LogP contribution < -0.4 is 10.1 Å². The standard InChI is InChI=1S/C11H15NOS/c1-2-4-11(5-3-1)13-7-6-10-8-14-9-12-10/h1-5,10,12H,6-9H2. The third kappa shape index (κ3) is 2.93. The smallest absolute Gasteiger partial charge is 0.119 e. The summed E-state index contributed by atoms with van der Waals surface area (Å²) in [5.41, 5.74) is 0. The van der Waals surface area contributed by atoms with Crippen molar-refractivity contribution in [1.29, 1.82) is 0 Å². The van der Waals surface area contributed by atoms with Gasteiger partial charge in [0.25, 0.3) is 0 Å². The minimum absolute atomic E-state index is 0.642. The Morgan fingerprint density at radius 2 is 2.21 bits per heavy atom. The minimum Gasteiger partial charge on any atom is -0.494 e. The lowest BCUT2D eigenvalue weighted by Crippen LogP contribution is -2.25. The maximum atomic E-state index is 5.62. The van der Waals surface area contributed by atoms with Crippen molar-refractivity contribution in [1.82, 2.24) is 5.32 Å². The first-order chi connectivity index (χ1) is 6.95. The molecule has 0 bridgehead atoms. The van der Waals surface area contributed by atoms with Crippen LogP contribution in [0.2, 0.25) is 0 Å². The number of para-hydroxylation sites is 1. The summed E-state index contributed by atoms with van der Waals surface area (Å²) in [5.74, 6) is 3.28. The highest BCUT2D eigenvalue weighted by molar-refractivity contribution is 7.99. The molecule has 2 rings (SSSR count). The van der Waals surface area contributed by atoms with Crippen molar-refractivity contribution < 1.29 is 4.74 Å². The van der Waals surface area contributed by atoms with Crippen LogP contribution in [0.5, 0.6) is 5.75 Å². The third-order valence-electron chi connectivity index (χ3n) is 2.27. The Labute approximate surface area is 89.0 Å². The van der Waals surface area contributed by atoms with Gasteiger partial charge in [0, 0.05) is 17.7 Å². The first-order valence-electron chi connectivity index (χ1n) is 4.94. The van der Waals surface area contributed by atoms with Crippen LogP contribution in [0, 0.1) is 0 Å². The molecule has 1 saturated heterocycles. The fourth-order valence-corrected chi connectivity index (χ4v) is 2.50. The predicted molar refractivity (Wildman–Crippen MR) is 60.8 cm³/mol. The molecule has 1 heterocycles. The Morgan fingerprint density at radius 1 is 1.36 bits per heavy atom. The van der Waals surface area contributed by atoms with Crippen molar-refractivity contribution in [2.24, 2.45) is 0 Å². The van der Waals surface area contributed by atoms with Gasteiger partial charge in [0.05, 0.1) is 6.61 Å². The Bertz CT molecular complexity index is 259. The van der Waals surface area contributed by atoms with Gasteiger partial charge in [-0.05, 0) is 18.6 Å². The molecule has 1 aromatic carbocycles. The van der Waals surface area contributed by atoms with Crippen LogP contribution in [0.1, 0.15) is 6.42 Å². The molecule has 0 spiro atoms. The topological polar surface area (TPSA) is 21.3 Å². The van der Waals surface area contributed by atoms with Crippen LogP contribution >= 0.6 is 11.8 Å². The second-order valence-electron chi connectivity index (χ2n) is 3.37. The zero-order valence-electron chi connectivity index (χ0n) is 8.11. The number of thioether (sulfide) groups is 1. The van der Waals surface area contributed by atoms with Crippen molar-refractivity contribution in [3.8, 4) is 5.75 Å². The van der Waals surface area contributed by atoms with Gasteiger partial charge in [0.15, 0.2) is 0 Å². The molecule has 0 amide bonds. The third-order valence-corrected chi connectivity index (χ3v) is 3.28. The first kappa shape index (κ1) is 9.87. The fraction of sp³-hybridized carbons (Fsp3) is 0.455. The maximum Gasteiger partial charge on any atom is 0.119 e. The van der Waals surface area contributed by atoms with Crippen LogP contribution in [-0.2, 0) is 0 Å². The molecule has 0 radical (unpaired) electrons. The number of hydrogen-bond donors (Lipinski definition) is 1. The Hall–Kier alpha value is -0.670. The SMILES string of the molecule is c1ccc(OCCC2CSCN2)cc1. The molecule has 3 heteroatoms. The summed E-state index contributed by atoms with van der Waals surface area (Å²) in [6.45, 7) is 0.808. The van der Waals surface area contributed by atoms with Crippen LogP contribution in [0.3, 0.4) is 0 Å². The number of rotatable bonds is 4. The van der Waals surface area contributed by atoms with Gasteiger partial charge in [-0.1, -0.05) is 18.2 Å².